The van der Waals surface area contributed by atoms with E-state index in [1.807, 2.05) is 27.7 Å². The zero-order valence-corrected chi connectivity index (χ0v) is 43.2. The summed E-state index contributed by atoms with van der Waals surface area (Å²) in [6, 6.07) is 39.1. The van der Waals surface area contributed by atoms with Crippen LogP contribution < -0.4 is 18.9 Å². The van der Waals surface area contributed by atoms with Gasteiger partial charge < -0.3 is 39.4 Å². The molecule has 0 aromatic heterocycles. The summed E-state index contributed by atoms with van der Waals surface area (Å²) in [6.45, 7) is 14.6. The molecule has 8 aromatic carbocycles. The summed E-state index contributed by atoms with van der Waals surface area (Å²) in [5.74, 6) is -7.51. The van der Waals surface area contributed by atoms with Crippen molar-refractivity contribution in [1.29, 1.82) is 0 Å². The fourth-order valence-electron chi connectivity index (χ4n) is 9.57. The lowest BCUT2D eigenvalue weighted by atomic mass is 9.80. The van der Waals surface area contributed by atoms with Crippen LogP contribution in [0.2, 0.25) is 0 Å². The lowest BCUT2D eigenvalue weighted by molar-refractivity contribution is 0.0711. The molecule has 0 spiro atoms. The van der Waals surface area contributed by atoms with Gasteiger partial charge in [-0.15, -0.1) is 0 Å². The summed E-state index contributed by atoms with van der Waals surface area (Å²) in [5, 5.41) is 47.4. The largest absolute Gasteiger partial charge is 0.508 e. The maximum Gasteiger partial charge on any atom is 0.343 e. The van der Waals surface area contributed by atoms with Crippen LogP contribution in [0.4, 0.5) is 0 Å². The van der Waals surface area contributed by atoms with Gasteiger partial charge in [-0.1, -0.05) is 98.5 Å². The Hall–Kier alpha value is -9.16. The van der Waals surface area contributed by atoms with Gasteiger partial charge in [0.15, 0.2) is 0 Å². The van der Waals surface area contributed by atoms with E-state index in [1.54, 1.807) is 149 Å². The molecule has 0 saturated carbocycles. The number of phenols is 4. The number of aromatic hydroxyl groups is 4. The van der Waals surface area contributed by atoms with Crippen molar-refractivity contribution in [3.8, 4) is 46.0 Å². The second kappa shape index (κ2) is 21.0. The van der Waals surface area contributed by atoms with Crippen molar-refractivity contribution in [1.82, 2.24) is 0 Å². The summed E-state index contributed by atoms with van der Waals surface area (Å²) in [4.78, 5) is 56.3. The number of aryl methyl sites for hydroxylation is 4. The fraction of sp³-hybridized carbons (Fsp3) is 0.188. The van der Waals surface area contributed by atoms with E-state index in [2.05, 4.69) is 0 Å². The first-order valence-corrected chi connectivity index (χ1v) is 24.9. The monoisotopic (exact) mass is 1020 g/mol. The smallest absolute Gasteiger partial charge is 0.343 e. The summed E-state index contributed by atoms with van der Waals surface area (Å²) >= 11 is 0. The number of rotatable bonds is 8. The molecule has 4 atom stereocenters. The number of fused-ring (bicyclic) bond motifs is 8. The van der Waals surface area contributed by atoms with Crippen LogP contribution in [0.25, 0.3) is 0 Å². The molecule has 0 saturated heterocycles. The van der Waals surface area contributed by atoms with Gasteiger partial charge in [0.05, 0.1) is 22.3 Å². The minimum absolute atomic E-state index is 0.0149. The van der Waals surface area contributed by atoms with Crippen molar-refractivity contribution >= 4 is 23.9 Å². The molecule has 4 N–H and O–H groups in total. The Bertz CT molecular complexity index is 3120. The second-order valence-corrected chi connectivity index (χ2v) is 19.7. The number of esters is 4. The number of carbonyl (C=O) groups excluding carboxylic acids is 4. The van der Waals surface area contributed by atoms with Crippen molar-refractivity contribution in [2.45, 2.75) is 79.1 Å². The van der Waals surface area contributed by atoms with Crippen LogP contribution in [0.15, 0.2) is 146 Å². The second-order valence-electron chi connectivity index (χ2n) is 19.7. The minimum atomic E-state index is -0.838. The first-order valence-electron chi connectivity index (χ1n) is 24.9. The van der Waals surface area contributed by atoms with Crippen LogP contribution in [0.3, 0.4) is 0 Å². The summed E-state index contributed by atoms with van der Waals surface area (Å²) in [6.07, 6.45) is 0. The Balaban J connectivity index is 1.30. The summed E-state index contributed by atoms with van der Waals surface area (Å²) < 4.78 is 24.9. The highest BCUT2D eigenvalue weighted by molar-refractivity contribution is 5.94. The fourth-order valence-corrected chi connectivity index (χ4v) is 9.57. The molecule has 8 aromatic rings. The molecule has 1 aliphatic carbocycles. The van der Waals surface area contributed by atoms with Crippen molar-refractivity contribution in [2.24, 2.45) is 0 Å². The highest BCUT2D eigenvalue weighted by Gasteiger charge is 2.33. The zero-order chi connectivity index (χ0) is 54.3. The highest BCUT2D eigenvalue weighted by atomic mass is 16.6. The molecular formula is C64H56O12. The lowest BCUT2D eigenvalue weighted by Crippen LogP contribution is -2.16. The maximum atomic E-state index is 14.1. The number of carbonyl (C=O) groups is 4. The van der Waals surface area contributed by atoms with Gasteiger partial charge >= 0.3 is 23.9 Å². The molecule has 0 aliphatic heterocycles. The van der Waals surface area contributed by atoms with Gasteiger partial charge in [-0.05, 0) is 100 Å². The molecule has 8 bridgehead atoms. The van der Waals surface area contributed by atoms with Crippen LogP contribution in [-0.4, -0.2) is 44.3 Å². The normalized spacial score (nSPS) is 15.8. The Morgan fingerprint density at radius 3 is 0.671 bits per heavy atom. The first kappa shape index (κ1) is 51.7. The molecule has 0 unspecified atom stereocenters. The number of hydrogen-bond acceptors (Lipinski definition) is 12. The third-order valence-corrected chi connectivity index (χ3v) is 14.3. The van der Waals surface area contributed by atoms with Gasteiger partial charge in [-0.3, -0.25) is 0 Å². The van der Waals surface area contributed by atoms with Gasteiger partial charge in [0.2, 0.25) is 0 Å². The molecule has 0 fully saturated rings. The lowest BCUT2D eigenvalue weighted by Gasteiger charge is -2.27. The van der Waals surface area contributed by atoms with Crippen LogP contribution >= 0.6 is 0 Å². The van der Waals surface area contributed by atoms with E-state index < -0.39 is 47.5 Å². The molecule has 384 valence electrons. The Morgan fingerprint density at radius 1 is 0.289 bits per heavy atom. The number of ether oxygens (including phenoxy) is 4. The predicted molar refractivity (Wildman–Crippen MR) is 287 cm³/mol. The third-order valence-electron chi connectivity index (χ3n) is 14.3. The van der Waals surface area contributed by atoms with Crippen molar-refractivity contribution in [2.75, 3.05) is 0 Å². The average molecular weight is 1020 g/mol. The van der Waals surface area contributed by atoms with Gasteiger partial charge in [-0.25, -0.2) is 19.2 Å². The Morgan fingerprint density at radius 2 is 0.474 bits per heavy atom. The van der Waals surface area contributed by atoms with Crippen molar-refractivity contribution in [3.05, 3.63) is 235 Å². The van der Waals surface area contributed by atoms with E-state index in [-0.39, 0.29) is 90.5 Å². The molecule has 9 rings (SSSR count). The molecule has 0 amide bonds. The minimum Gasteiger partial charge on any atom is -0.508 e. The van der Waals surface area contributed by atoms with Gasteiger partial charge in [-0.2, -0.15) is 0 Å². The quantitative estimate of drug-likeness (QED) is 0.0835. The molecule has 76 heavy (non-hydrogen) atoms. The van der Waals surface area contributed by atoms with Gasteiger partial charge in [0, 0.05) is 92.4 Å². The SMILES string of the molecule is Cc1ccc(C(=O)Oc2cc(OC(=O)c3ccc(C)cc3)c3cc2[C@H](C)c2cc(c(O)cc2O)[C@@H](C)c2cc(c(OC(=O)c4ccc(C)cc4)cc2OC(=O)c2ccc(C)cc2)[C@@H](C)c2cc(c(O)cc2O)[C@@H]3C)cc1. The van der Waals surface area contributed by atoms with E-state index in [4.69, 9.17) is 18.9 Å². The standard InChI is InChI=1S/C64H56O12/c1-33-9-17-41(18-10-33)61(69)73-57-31-58(74-62(70)42-19-11-34(2)12-20-42)50-27-49(57)37(5)45-25-46(54(66)29-53(45)65)39(7)51-28-52(40(8)48-26-47(38(50)6)55(67)30-56(48)68)60(76-64(72)44-23-15-36(4)16-24-44)32-59(51)75-63(71)43-21-13-35(3)14-22-43/h9-32,37-40,65-68H,1-8H3/t37-,38+,39-,40+. The first-order chi connectivity index (χ1) is 36.2. The number of benzene rings is 8. The summed E-state index contributed by atoms with van der Waals surface area (Å²) in [5.41, 5.74) is 7.18. The number of hydrogen-bond donors (Lipinski definition) is 4. The average Bonchev–Trinajstić information content (AvgIpc) is 3.44. The molecule has 1 aliphatic rings. The predicted octanol–water partition coefficient (Wildman–Crippen LogP) is 13.5. The number of phenolic OH excluding ortho intramolecular Hbond substituents is 4. The van der Waals surface area contributed by atoms with Crippen LogP contribution in [0, 0.1) is 27.7 Å². The van der Waals surface area contributed by atoms with Crippen molar-refractivity contribution in [3.63, 3.8) is 0 Å². The van der Waals surface area contributed by atoms with E-state index in [9.17, 15) is 39.6 Å². The van der Waals surface area contributed by atoms with Crippen LogP contribution in [-0.2, 0) is 0 Å². The Labute approximate surface area is 440 Å². The molecular weight excluding hydrogens is 961 g/mol. The van der Waals surface area contributed by atoms with Crippen LogP contribution in [0.5, 0.6) is 46.0 Å². The van der Waals surface area contributed by atoms with E-state index in [0.29, 0.717) is 22.3 Å². The molecule has 12 heteroatoms. The zero-order valence-electron chi connectivity index (χ0n) is 43.2. The topological polar surface area (TPSA) is 186 Å². The Kier molecular flexibility index (Phi) is 14.3. The van der Waals surface area contributed by atoms with E-state index in [0.717, 1.165) is 22.3 Å². The van der Waals surface area contributed by atoms with E-state index >= 15 is 0 Å². The van der Waals surface area contributed by atoms with E-state index in [1.165, 1.54) is 24.3 Å². The summed E-state index contributed by atoms with van der Waals surface area (Å²) in [7, 11) is 0. The highest BCUT2D eigenvalue weighted by Crippen LogP contribution is 2.50. The van der Waals surface area contributed by atoms with Crippen molar-refractivity contribution < 1.29 is 58.6 Å². The third kappa shape index (κ3) is 10.5. The van der Waals surface area contributed by atoms with Crippen LogP contribution in [0.1, 0.15) is 160 Å². The molecule has 12 nitrogen and oxygen atoms in total. The molecule has 0 heterocycles. The molecule has 0 radical (unpaired) electrons. The van der Waals surface area contributed by atoms with Gasteiger partial charge in [0.25, 0.3) is 0 Å². The van der Waals surface area contributed by atoms with Gasteiger partial charge in [0.1, 0.15) is 46.0 Å². The maximum absolute atomic E-state index is 14.1.